The summed E-state index contributed by atoms with van der Waals surface area (Å²) >= 11 is 2.26. The Kier molecular flexibility index (Phi) is 7.97. The SMILES string of the molecule is C=C[C@@H](C)CC(C)(O)[C@H](I)[C@H](C)[C@@H](OC)[C@@H](C)O. The van der Waals surface area contributed by atoms with Gasteiger partial charge in [0, 0.05) is 11.0 Å². The number of ether oxygens (including phenoxy) is 1. The van der Waals surface area contributed by atoms with Gasteiger partial charge in [-0.15, -0.1) is 6.58 Å². The molecule has 0 aliphatic carbocycles. The van der Waals surface area contributed by atoms with Crippen molar-refractivity contribution in [3.05, 3.63) is 12.7 Å². The van der Waals surface area contributed by atoms with Gasteiger partial charge in [0.25, 0.3) is 0 Å². The Bertz CT molecular complexity index is 253. The predicted octanol–water partition coefficient (Wildman–Crippen LogP) is 2.79. The molecule has 4 heteroatoms. The Labute approximate surface area is 125 Å². The average molecular weight is 370 g/mol. The van der Waals surface area contributed by atoms with E-state index < -0.39 is 11.7 Å². The zero-order valence-corrected chi connectivity index (χ0v) is 14.2. The minimum atomic E-state index is -0.806. The molecule has 0 saturated heterocycles. The Hall–Kier alpha value is 0.350. The highest BCUT2D eigenvalue weighted by molar-refractivity contribution is 14.1. The van der Waals surface area contributed by atoms with Gasteiger partial charge < -0.3 is 14.9 Å². The van der Waals surface area contributed by atoms with Crippen LogP contribution in [0.1, 0.15) is 34.1 Å². The molecule has 0 amide bonds. The molecule has 108 valence electrons. The number of aliphatic hydroxyl groups is 2. The van der Waals surface area contributed by atoms with Crippen LogP contribution in [0.25, 0.3) is 0 Å². The van der Waals surface area contributed by atoms with E-state index in [0.29, 0.717) is 6.42 Å². The summed E-state index contributed by atoms with van der Waals surface area (Å²) in [5, 5.41) is 20.3. The molecule has 0 aromatic carbocycles. The van der Waals surface area contributed by atoms with Crippen molar-refractivity contribution < 1.29 is 14.9 Å². The molecule has 0 spiro atoms. The van der Waals surface area contributed by atoms with Crippen LogP contribution in [0.5, 0.6) is 0 Å². The second-order valence-electron chi connectivity index (χ2n) is 5.48. The lowest BCUT2D eigenvalue weighted by Crippen LogP contribution is -2.47. The van der Waals surface area contributed by atoms with Crippen LogP contribution in [-0.2, 0) is 4.74 Å². The molecule has 6 atom stereocenters. The van der Waals surface area contributed by atoms with Crippen LogP contribution in [0.4, 0.5) is 0 Å². The molecule has 1 unspecified atom stereocenters. The van der Waals surface area contributed by atoms with Gasteiger partial charge in [0.2, 0.25) is 0 Å². The molecule has 0 aromatic rings. The van der Waals surface area contributed by atoms with Crippen molar-refractivity contribution in [3.8, 4) is 0 Å². The molecule has 2 N–H and O–H groups in total. The summed E-state index contributed by atoms with van der Waals surface area (Å²) in [7, 11) is 1.60. The molecule has 0 heterocycles. The number of methoxy groups -OCH3 is 1. The zero-order chi connectivity index (χ0) is 14.5. The van der Waals surface area contributed by atoms with Gasteiger partial charge in [-0.1, -0.05) is 42.5 Å². The van der Waals surface area contributed by atoms with E-state index in [1.54, 1.807) is 14.0 Å². The minimum Gasteiger partial charge on any atom is -0.391 e. The maximum atomic E-state index is 10.6. The van der Waals surface area contributed by atoms with E-state index in [0.717, 1.165) is 0 Å². The topological polar surface area (TPSA) is 49.7 Å². The lowest BCUT2D eigenvalue weighted by molar-refractivity contribution is -0.0553. The van der Waals surface area contributed by atoms with Gasteiger partial charge in [0.15, 0.2) is 0 Å². The zero-order valence-electron chi connectivity index (χ0n) is 12.1. The number of hydrogen-bond donors (Lipinski definition) is 2. The van der Waals surface area contributed by atoms with Crippen LogP contribution in [0.15, 0.2) is 12.7 Å². The Balaban J connectivity index is 4.78. The molecule has 3 nitrogen and oxygen atoms in total. The molecule has 18 heavy (non-hydrogen) atoms. The van der Waals surface area contributed by atoms with E-state index in [2.05, 4.69) is 29.2 Å². The number of aliphatic hydroxyl groups excluding tert-OH is 1. The van der Waals surface area contributed by atoms with E-state index in [9.17, 15) is 10.2 Å². The van der Waals surface area contributed by atoms with Crippen molar-refractivity contribution in [2.24, 2.45) is 11.8 Å². The van der Waals surface area contributed by atoms with Gasteiger partial charge in [-0.3, -0.25) is 0 Å². The maximum Gasteiger partial charge on any atom is 0.0863 e. The molecule has 0 rings (SSSR count). The summed E-state index contributed by atoms with van der Waals surface area (Å²) in [5.41, 5.74) is -0.806. The van der Waals surface area contributed by atoms with E-state index >= 15 is 0 Å². The standard InChI is InChI=1S/C14H27IO3/c1-7-9(2)8-14(5,17)13(15)10(3)12(18-6)11(4)16/h7,9-13,16-17H,1,8H2,2-6H3/t9-,10-,11-,12-,13-,14?/m1/s1. The molecular weight excluding hydrogens is 343 g/mol. The quantitative estimate of drug-likeness (QED) is 0.393. The van der Waals surface area contributed by atoms with Gasteiger partial charge in [0.1, 0.15) is 0 Å². The largest absolute Gasteiger partial charge is 0.391 e. The normalized spacial score (nSPS) is 23.6. The highest BCUT2D eigenvalue weighted by Crippen LogP contribution is 2.34. The molecule has 0 radical (unpaired) electrons. The monoisotopic (exact) mass is 370 g/mol. The third-order valence-corrected chi connectivity index (χ3v) is 5.94. The number of alkyl halides is 1. The fourth-order valence-corrected chi connectivity index (χ4v) is 3.10. The van der Waals surface area contributed by atoms with Gasteiger partial charge in [0.05, 0.1) is 17.8 Å². The number of hydrogen-bond acceptors (Lipinski definition) is 3. The first kappa shape index (κ1) is 18.4. The molecule has 0 bridgehead atoms. The number of allylic oxidation sites excluding steroid dienone is 1. The Morgan fingerprint density at radius 1 is 1.39 bits per heavy atom. The van der Waals surface area contributed by atoms with Gasteiger partial charge in [-0.2, -0.15) is 0 Å². The van der Waals surface area contributed by atoms with Crippen LogP contribution in [0.3, 0.4) is 0 Å². The van der Waals surface area contributed by atoms with Crippen LogP contribution in [0.2, 0.25) is 0 Å². The summed E-state index contributed by atoms with van der Waals surface area (Å²) in [6.07, 6.45) is 1.70. The smallest absolute Gasteiger partial charge is 0.0863 e. The highest BCUT2D eigenvalue weighted by Gasteiger charge is 2.39. The van der Waals surface area contributed by atoms with Crippen molar-refractivity contribution in [1.29, 1.82) is 0 Å². The summed E-state index contributed by atoms with van der Waals surface area (Å²) in [4.78, 5) is 0. The van der Waals surface area contributed by atoms with Crippen LogP contribution in [-0.4, -0.2) is 39.1 Å². The second kappa shape index (κ2) is 7.82. The summed E-state index contributed by atoms with van der Waals surface area (Å²) in [6, 6.07) is 0. The molecule has 0 aliphatic rings. The van der Waals surface area contributed by atoms with Crippen molar-refractivity contribution in [3.63, 3.8) is 0 Å². The van der Waals surface area contributed by atoms with Gasteiger partial charge in [-0.25, -0.2) is 0 Å². The van der Waals surface area contributed by atoms with Gasteiger partial charge >= 0.3 is 0 Å². The van der Waals surface area contributed by atoms with E-state index in [-0.39, 0.29) is 21.9 Å². The predicted molar refractivity (Wildman–Crippen MR) is 84.1 cm³/mol. The van der Waals surface area contributed by atoms with Crippen LogP contribution >= 0.6 is 22.6 Å². The Morgan fingerprint density at radius 2 is 1.89 bits per heavy atom. The third-order valence-electron chi connectivity index (χ3n) is 3.46. The second-order valence-corrected chi connectivity index (χ2v) is 6.82. The summed E-state index contributed by atoms with van der Waals surface area (Å²) < 4.78 is 5.33. The van der Waals surface area contributed by atoms with Crippen LogP contribution in [0, 0.1) is 11.8 Å². The highest BCUT2D eigenvalue weighted by atomic mass is 127. The molecular formula is C14H27IO3. The average Bonchev–Trinajstić information content (AvgIpc) is 2.27. The van der Waals surface area contributed by atoms with Crippen molar-refractivity contribution in [1.82, 2.24) is 0 Å². The maximum absolute atomic E-state index is 10.6. The number of rotatable bonds is 8. The molecule has 0 aromatic heterocycles. The summed E-state index contributed by atoms with van der Waals surface area (Å²) in [6.45, 7) is 11.4. The first-order valence-electron chi connectivity index (χ1n) is 6.37. The van der Waals surface area contributed by atoms with Crippen LogP contribution < -0.4 is 0 Å². The van der Waals surface area contributed by atoms with Crippen molar-refractivity contribution >= 4 is 22.6 Å². The fraction of sp³-hybridized carbons (Fsp3) is 0.857. The first-order chi connectivity index (χ1) is 8.17. The third kappa shape index (κ3) is 5.15. The first-order valence-corrected chi connectivity index (χ1v) is 7.61. The van der Waals surface area contributed by atoms with E-state index in [1.807, 2.05) is 26.8 Å². The fourth-order valence-electron chi connectivity index (χ4n) is 2.43. The Morgan fingerprint density at radius 3 is 2.22 bits per heavy atom. The lowest BCUT2D eigenvalue weighted by Gasteiger charge is -2.38. The van der Waals surface area contributed by atoms with Crippen molar-refractivity contribution in [2.45, 2.75) is 55.8 Å². The minimum absolute atomic E-state index is 0.00273. The molecule has 0 aliphatic heterocycles. The number of halogens is 1. The van der Waals surface area contributed by atoms with E-state index in [1.165, 1.54) is 0 Å². The van der Waals surface area contributed by atoms with Gasteiger partial charge in [-0.05, 0) is 32.1 Å². The molecule has 0 saturated carbocycles. The summed E-state index contributed by atoms with van der Waals surface area (Å²) in [5.74, 6) is 0.319. The van der Waals surface area contributed by atoms with E-state index in [4.69, 9.17) is 4.74 Å². The lowest BCUT2D eigenvalue weighted by atomic mass is 9.82. The molecule has 0 fully saturated rings. The van der Waals surface area contributed by atoms with Crippen molar-refractivity contribution in [2.75, 3.05) is 7.11 Å².